The van der Waals surface area contributed by atoms with Crippen LogP contribution >= 0.6 is 15.9 Å². The number of aromatic carboxylic acids is 1. The highest BCUT2D eigenvalue weighted by molar-refractivity contribution is 9.10. The molecule has 7 heteroatoms. The molecular weight excluding hydrogens is 488 g/mol. The number of ketones is 1. The number of hydrogen-bond donors (Lipinski definition) is 2. The smallest absolute Gasteiger partial charge is 0.339 e. The minimum atomic E-state index is -1.23. The zero-order chi connectivity index (χ0) is 24.3. The fourth-order valence-electron chi connectivity index (χ4n) is 3.80. The molecule has 0 radical (unpaired) electrons. The van der Waals surface area contributed by atoms with Gasteiger partial charge in [-0.1, -0.05) is 46.3 Å². The van der Waals surface area contributed by atoms with Crippen molar-refractivity contribution in [2.75, 3.05) is 7.11 Å². The lowest BCUT2D eigenvalue weighted by Crippen LogP contribution is -2.12. The summed E-state index contributed by atoms with van der Waals surface area (Å²) in [7, 11) is 1.49. The van der Waals surface area contributed by atoms with Gasteiger partial charge < -0.3 is 19.7 Å². The van der Waals surface area contributed by atoms with E-state index >= 15 is 0 Å². The molecule has 0 aliphatic carbocycles. The van der Waals surface area contributed by atoms with Crippen molar-refractivity contribution in [1.29, 1.82) is 0 Å². The average Bonchev–Trinajstić information content (AvgIpc) is 2.79. The first-order valence-corrected chi connectivity index (χ1v) is 11.1. The molecule has 3 aromatic carbocycles. The summed E-state index contributed by atoms with van der Waals surface area (Å²) < 4.78 is 11.9. The molecule has 0 aliphatic heterocycles. The number of carboxylic acids is 1. The summed E-state index contributed by atoms with van der Waals surface area (Å²) in [5, 5.41) is 19.8. The minimum Gasteiger partial charge on any atom is -0.507 e. The van der Waals surface area contributed by atoms with Gasteiger partial charge in [0, 0.05) is 17.0 Å². The molecule has 33 heavy (non-hydrogen) atoms. The van der Waals surface area contributed by atoms with Crippen molar-refractivity contribution in [1.82, 2.24) is 0 Å². The summed E-state index contributed by atoms with van der Waals surface area (Å²) in [6.07, 6.45) is -0.0395. The van der Waals surface area contributed by atoms with Crippen molar-refractivity contribution in [3.05, 3.63) is 85.9 Å². The molecule has 3 rings (SSSR count). The van der Waals surface area contributed by atoms with Crippen LogP contribution in [0.2, 0.25) is 0 Å². The highest BCUT2D eigenvalue weighted by Crippen LogP contribution is 2.37. The third kappa shape index (κ3) is 5.03. The van der Waals surface area contributed by atoms with E-state index in [9.17, 15) is 19.8 Å². The number of aryl methyl sites for hydroxylation is 1. The van der Waals surface area contributed by atoms with Gasteiger partial charge in [0.2, 0.25) is 0 Å². The van der Waals surface area contributed by atoms with Crippen LogP contribution in [0.1, 0.15) is 48.5 Å². The van der Waals surface area contributed by atoms with E-state index in [0.717, 1.165) is 5.56 Å². The van der Waals surface area contributed by atoms with Crippen molar-refractivity contribution >= 4 is 27.7 Å². The first-order valence-electron chi connectivity index (χ1n) is 10.3. The van der Waals surface area contributed by atoms with Gasteiger partial charge >= 0.3 is 5.97 Å². The van der Waals surface area contributed by atoms with E-state index in [1.807, 2.05) is 37.3 Å². The van der Waals surface area contributed by atoms with Gasteiger partial charge in [0.25, 0.3) is 0 Å². The van der Waals surface area contributed by atoms with Crippen LogP contribution in [0, 0.1) is 20.8 Å². The van der Waals surface area contributed by atoms with Gasteiger partial charge in [-0.3, -0.25) is 4.79 Å². The highest BCUT2D eigenvalue weighted by Gasteiger charge is 2.25. The largest absolute Gasteiger partial charge is 0.507 e. The molecule has 0 bridgehead atoms. The van der Waals surface area contributed by atoms with Gasteiger partial charge in [-0.25, -0.2) is 4.79 Å². The molecule has 0 spiro atoms. The molecule has 0 fully saturated rings. The fourth-order valence-corrected chi connectivity index (χ4v) is 4.43. The van der Waals surface area contributed by atoms with Crippen LogP contribution in [0.5, 0.6) is 17.2 Å². The van der Waals surface area contributed by atoms with Crippen molar-refractivity contribution in [2.45, 2.75) is 33.8 Å². The molecule has 0 aliphatic rings. The quantitative estimate of drug-likeness (QED) is 0.371. The van der Waals surface area contributed by atoms with Crippen molar-refractivity contribution in [3.8, 4) is 17.2 Å². The molecule has 0 saturated heterocycles. The van der Waals surface area contributed by atoms with Crippen LogP contribution in [-0.4, -0.2) is 29.1 Å². The number of carbonyl (C=O) groups is 2. The van der Waals surface area contributed by atoms with Crippen LogP contribution in [0.15, 0.2) is 46.9 Å². The standard InChI is InChI=1S/C26H25BrO6/c1-14-10-18(33-13-17-8-6-5-7-9-17)11-21(32-4)22(14)20(28)12-19-15(2)25(29)23(26(30)31)16(3)24(19)27/h5-11,29H,12-13H2,1-4H3,(H,30,31). The van der Waals surface area contributed by atoms with Crippen molar-refractivity contribution in [3.63, 3.8) is 0 Å². The third-order valence-electron chi connectivity index (χ3n) is 5.58. The molecule has 3 aromatic rings. The molecule has 0 amide bonds. The molecule has 0 heterocycles. The normalized spacial score (nSPS) is 10.7. The number of rotatable bonds is 8. The Labute approximate surface area is 200 Å². The van der Waals surface area contributed by atoms with Crippen LogP contribution < -0.4 is 9.47 Å². The van der Waals surface area contributed by atoms with E-state index in [1.54, 1.807) is 26.0 Å². The summed E-state index contributed by atoms with van der Waals surface area (Å²) >= 11 is 3.42. The minimum absolute atomic E-state index is 0.0395. The Morgan fingerprint density at radius 1 is 1.00 bits per heavy atom. The van der Waals surface area contributed by atoms with E-state index in [-0.39, 0.29) is 23.5 Å². The zero-order valence-corrected chi connectivity index (χ0v) is 20.4. The van der Waals surface area contributed by atoms with Crippen molar-refractivity contribution in [2.24, 2.45) is 0 Å². The van der Waals surface area contributed by atoms with Crippen LogP contribution in [-0.2, 0) is 13.0 Å². The first kappa shape index (κ1) is 24.3. The van der Waals surface area contributed by atoms with Crippen LogP contribution in [0.3, 0.4) is 0 Å². The fraction of sp³-hybridized carbons (Fsp3) is 0.231. The maximum absolute atomic E-state index is 13.3. The Morgan fingerprint density at radius 2 is 1.67 bits per heavy atom. The summed E-state index contributed by atoms with van der Waals surface area (Å²) in [6, 6.07) is 13.2. The summed E-state index contributed by atoms with van der Waals surface area (Å²) in [6.45, 7) is 5.38. The molecule has 0 unspecified atom stereocenters. The first-order chi connectivity index (χ1) is 15.6. The van der Waals surface area contributed by atoms with Gasteiger partial charge in [-0.2, -0.15) is 0 Å². The lowest BCUT2D eigenvalue weighted by Gasteiger charge is -2.18. The number of methoxy groups -OCH3 is 1. The molecule has 0 aromatic heterocycles. The van der Waals surface area contributed by atoms with Crippen LogP contribution in [0.25, 0.3) is 0 Å². The van der Waals surface area contributed by atoms with E-state index in [2.05, 4.69) is 15.9 Å². The topological polar surface area (TPSA) is 93.1 Å². The predicted octanol–water partition coefficient (Wildman–Crippen LogP) is 5.79. The van der Waals surface area contributed by atoms with Gasteiger partial charge in [0.15, 0.2) is 5.78 Å². The number of ether oxygens (including phenoxy) is 2. The molecule has 0 atom stereocenters. The maximum Gasteiger partial charge on any atom is 0.339 e. The second-order valence-electron chi connectivity index (χ2n) is 7.76. The van der Waals surface area contributed by atoms with Crippen molar-refractivity contribution < 1.29 is 29.3 Å². The van der Waals surface area contributed by atoms with Crippen LogP contribution in [0.4, 0.5) is 0 Å². The maximum atomic E-state index is 13.3. The lowest BCUT2D eigenvalue weighted by atomic mass is 9.92. The molecule has 172 valence electrons. The van der Waals surface area contributed by atoms with Gasteiger partial charge in [0.05, 0.1) is 12.7 Å². The van der Waals surface area contributed by atoms with Gasteiger partial charge in [0.1, 0.15) is 29.4 Å². The summed E-state index contributed by atoms with van der Waals surface area (Å²) in [4.78, 5) is 24.8. The number of aromatic hydroxyl groups is 1. The van der Waals surface area contributed by atoms with E-state index < -0.39 is 5.97 Å². The van der Waals surface area contributed by atoms with Gasteiger partial charge in [-0.05, 0) is 54.7 Å². The second-order valence-corrected chi connectivity index (χ2v) is 8.56. The summed E-state index contributed by atoms with van der Waals surface area (Å²) in [5.41, 5.74) is 3.19. The number of Topliss-reactive ketones (excluding diaryl/α,β-unsaturated/α-hetero) is 1. The Morgan fingerprint density at radius 3 is 2.27 bits per heavy atom. The number of carbonyl (C=O) groups excluding carboxylic acids is 1. The van der Waals surface area contributed by atoms with Gasteiger partial charge in [-0.15, -0.1) is 0 Å². The molecule has 6 nitrogen and oxygen atoms in total. The second kappa shape index (κ2) is 10.1. The number of hydrogen-bond acceptors (Lipinski definition) is 5. The number of phenols is 1. The monoisotopic (exact) mass is 512 g/mol. The Balaban J connectivity index is 1.92. The Bertz CT molecular complexity index is 1190. The number of halogens is 1. The third-order valence-corrected chi connectivity index (χ3v) is 6.66. The Hall–Kier alpha value is -3.32. The zero-order valence-electron chi connectivity index (χ0n) is 18.9. The van der Waals surface area contributed by atoms with E-state index in [0.29, 0.717) is 50.4 Å². The van der Waals surface area contributed by atoms with E-state index in [4.69, 9.17) is 9.47 Å². The number of benzene rings is 3. The molecule has 2 N–H and O–H groups in total. The summed E-state index contributed by atoms with van der Waals surface area (Å²) in [5.74, 6) is -0.805. The molecular formula is C26H25BrO6. The predicted molar refractivity (Wildman–Crippen MR) is 129 cm³/mol. The average molecular weight is 513 g/mol. The Kier molecular flexibility index (Phi) is 7.43. The van der Waals surface area contributed by atoms with E-state index in [1.165, 1.54) is 7.11 Å². The highest BCUT2D eigenvalue weighted by atomic mass is 79.9. The lowest BCUT2D eigenvalue weighted by molar-refractivity contribution is 0.0692. The number of carboxylic acid groups (broad SMARTS) is 1. The SMILES string of the molecule is COc1cc(OCc2ccccc2)cc(C)c1C(=O)Cc1c(C)c(O)c(C(=O)O)c(C)c1Br. The molecule has 0 saturated carbocycles.